The van der Waals surface area contributed by atoms with Crippen molar-refractivity contribution in [3.05, 3.63) is 54.6 Å². The van der Waals surface area contributed by atoms with E-state index in [4.69, 9.17) is 14.2 Å². The van der Waals surface area contributed by atoms with Gasteiger partial charge in [-0.05, 0) is 31.2 Å². The Labute approximate surface area is 158 Å². The average molecular weight is 369 g/mol. The predicted octanol–water partition coefficient (Wildman–Crippen LogP) is 3.20. The first kappa shape index (κ1) is 18.8. The number of anilines is 1. The van der Waals surface area contributed by atoms with Crippen molar-refractivity contribution < 1.29 is 23.8 Å². The summed E-state index contributed by atoms with van der Waals surface area (Å²) in [5, 5.41) is 0. The van der Waals surface area contributed by atoms with Crippen molar-refractivity contribution in [1.29, 1.82) is 0 Å². The van der Waals surface area contributed by atoms with E-state index in [1.807, 2.05) is 54.6 Å². The molecule has 0 saturated heterocycles. The quantitative estimate of drug-likeness (QED) is 0.528. The number of rotatable bonds is 8. The Hall–Kier alpha value is -3.02. The second-order valence-corrected chi connectivity index (χ2v) is 6.20. The maximum absolute atomic E-state index is 12.4. The lowest BCUT2D eigenvalue weighted by atomic mass is 10.2. The highest BCUT2D eigenvalue weighted by molar-refractivity contribution is 6.00. The summed E-state index contributed by atoms with van der Waals surface area (Å²) in [4.78, 5) is 25.9. The Bertz CT molecular complexity index is 777. The maximum Gasteiger partial charge on any atom is 0.307 e. The van der Waals surface area contributed by atoms with Gasteiger partial charge in [0.25, 0.3) is 5.91 Å². The molecule has 0 fully saturated rings. The van der Waals surface area contributed by atoms with Crippen molar-refractivity contribution in [2.75, 3.05) is 24.7 Å². The number of esters is 1. The van der Waals surface area contributed by atoms with Crippen LogP contribution in [-0.4, -0.2) is 37.7 Å². The molecule has 0 radical (unpaired) electrons. The van der Waals surface area contributed by atoms with Gasteiger partial charge in [0.1, 0.15) is 11.5 Å². The standard InChI is InChI=1S/C21H23NO5/c1-16-21(24)22(18-10-5-6-11-19(18)27-16)13-12-20(23)26-15-7-14-25-17-8-3-2-4-9-17/h2-6,8-11,16H,7,12-15H2,1H3. The van der Waals surface area contributed by atoms with Gasteiger partial charge in [-0.1, -0.05) is 30.3 Å². The van der Waals surface area contributed by atoms with Gasteiger partial charge in [-0.15, -0.1) is 0 Å². The fourth-order valence-corrected chi connectivity index (χ4v) is 2.82. The smallest absolute Gasteiger partial charge is 0.307 e. The van der Waals surface area contributed by atoms with Crippen LogP contribution in [0, 0.1) is 0 Å². The lowest BCUT2D eigenvalue weighted by Gasteiger charge is -2.32. The van der Waals surface area contributed by atoms with Crippen LogP contribution in [-0.2, 0) is 14.3 Å². The minimum absolute atomic E-state index is 0.131. The Morgan fingerprint density at radius 2 is 1.81 bits per heavy atom. The summed E-state index contributed by atoms with van der Waals surface area (Å²) < 4.78 is 16.4. The SMILES string of the molecule is CC1Oc2ccccc2N(CCC(=O)OCCCOc2ccccc2)C1=O. The topological polar surface area (TPSA) is 65.1 Å². The second-order valence-electron chi connectivity index (χ2n) is 6.20. The van der Waals surface area contributed by atoms with Gasteiger partial charge in [-0.25, -0.2) is 0 Å². The summed E-state index contributed by atoms with van der Waals surface area (Å²) in [5.74, 6) is 0.954. The zero-order chi connectivity index (χ0) is 19.1. The monoisotopic (exact) mass is 369 g/mol. The summed E-state index contributed by atoms with van der Waals surface area (Å²) in [7, 11) is 0. The highest BCUT2D eigenvalue weighted by Gasteiger charge is 2.31. The van der Waals surface area contributed by atoms with E-state index in [9.17, 15) is 9.59 Å². The number of fused-ring (bicyclic) bond motifs is 1. The first-order valence-corrected chi connectivity index (χ1v) is 9.05. The van der Waals surface area contributed by atoms with Gasteiger partial charge >= 0.3 is 5.97 Å². The zero-order valence-electron chi connectivity index (χ0n) is 15.3. The Balaban J connectivity index is 1.40. The predicted molar refractivity (Wildman–Crippen MR) is 101 cm³/mol. The van der Waals surface area contributed by atoms with E-state index in [0.717, 1.165) is 5.75 Å². The number of hydrogen-bond donors (Lipinski definition) is 0. The fourth-order valence-electron chi connectivity index (χ4n) is 2.82. The van der Waals surface area contributed by atoms with Gasteiger partial charge in [0, 0.05) is 13.0 Å². The van der Waals surface area contributed by atoms with Crippen LogP contribution in [0.1, 0.15) is 19.8 Å². The molecule has 1 aliphatic rings. The number of amides is 1. The van der Waals surface area contributed by atoms with Gasteiger partial charge in [0.05, 0.1) is 25.3 Å². The number of para-hydroxylation sites is 3. The third kappa shape index (κ3) is 5.00. The molecule has 6 nitrogen and oxygen atoms in total. The highest BCUT2D eigenvalue weighted by Crippen LogP contribution is 2.33. The largest absolute Gasteiger partial charge is 0.493 e. The number of carbonyl (C=O) groups excluding carboxylic acids is 2. The first-order valence-electron chi connectivity index (χ1n) is 9.05. The molecule has 6 heteroatoms. The minimum atomic E-state index is -0.564. The molecule has 142 valence electrons. The van der Waals surface area contributed by atoms with Crippen molar-refractivity contribution in [2.24, 2.45) is 0 Å². The Morgan fingerprint density at radius 3 is 2.63 bits per heavy atom. The Morgan fingerprint density at radius 1 is 1.07 bits per heavy atom. The average Bonchev–Trinajstić information content (AvgIpc) is 2.69. The highest BCUT2D eigenvalue weighted by atomic mass is 16.5. The fraction of sp³-hybridized carbons (Fsp3) is 0.333. The molecule has 1 unspecified atom stereocenters. The number of ether oxygens (including phenoxy) is 3. The van der Waals surface area contributed by atoms with E-state index in [2.05, 4.69) is 0 Å². The third-order valence-corrected chi connectivity index (χ3v) is 4.18. The van der Waals surface area contributed by atoms with Crippen LogP contribution in [0.4, 0.5) is 5.69 Å². The van der Waals surface area contributed by atoms with Crippen molar-refractivity contribution >= 4 is 17.6 Å². The maximum atomic E-state index is 12.4. The van der Waals surface area contributed by atoms with Crippen LogP contribution in [0.3, 0.4) is 0 Å². The normalized spacial score (nSPS) is 15.7. The molecule has 1 aliphatic heterocycles. The molecule has 3 rings (SSSR count). The summed E-state index contributed by atoms with van der Waals surface area (Å²) >= 11 is 0. The molecule has 0 N–H and O–H groups in total. The van der Waals surface area contributed by atoms with E-state index in [1.54, 1.807) is 11.8 Å². The number of hydrogen-bond acceptors (Lipinski definition) is 5. The number of nitrogens with zero attached hydrogens (tertiary/aromatic N) is 1. The zero-order valence-corrected chi connectivity index (χ0v) is 15.3. The van der Waals surface area contributed by atoms with Gasteiger partial charge in [0.2, 0.25) is 0 Å². The molecule has 0 aromatic heterocycles. The van der Waals surface area contributed by atoms with E-state index >= 15 is 0 Å². The van der Waals surface area contributed by atoms with E-state index < -0.39 is 6.10 Å². The molecule has 1 amide bonds. The van der Waals surface area contributed by atoms with Crippen LogP contribution in [0.5, 0.6) is 11.5 Å². The van der Waals surface area contributed by atoms with Gasteiger partial charge < -0.3 is 19.1 Å². The molecule has 0 aliphatic carbocycles. The molecule has 1 heterocycles. The molecule has 2 aromatic rings. The number of carbonyl (C=O) groups is 2. The molecule has 2 aromatic carbocycles. The van der Waals surface area contributed by atoms with Crippen molar-refractivity contribution in [2.45, 2.75) is 25.9 Å². The molecular formula is C21H23NO5. The molecule has 0 bridgehead atoms. The van der Waals surface area contributed by atoms with Gasteiger partial charge in [0.15, 0.2) is 6.10 Å². The first-order chi connectivity index (χ1) is 13.1. The molecule has 0 spiro atoms. The lowest BCUT2D eigenvalue weighted by molar-refractivity contribution is -0.143. The molecule has 1 atom stereocenters. The lowest BCUT2D eigenvalue weighted by Crippen LogP contribution is -2.45. The Kier molecular flexibility index (Phi) is 6.30. The third-order valence-electron chi connectivity index (χ3n) is 4.18. The van der Waals surface area contributed by atoms with Crippen molar-refractivity contribution in [1.82, 2.24) is 0 Å². The van der Waals surface area contributed by atoms with Crippen molar-refractivity contribution in [3.63, 3.8) is 0 Å². The minimum Gasteiger partial charge on any atom is -0.493 e. The van der Waals surface area contributed by atoms with Crippen LogP contribution in [0.15, 0.2) is 54.6 Å². The van der Waals surface area contributed by atoms with Gasteiger partial charge in [-0.2, -0.15) is 0 Å². The summed E-state index contributed by atoms with van der Waals surface area (Å²) in [6.45, 7) is 2.74. The molecule has 0 saturated carbocycles. The van der Waals surface area contributed by atoms with Crippen LogP contribution < -0.4 is 14.4 Å². The summed E-state index contributed by atoms with van der Waals surface area (Å²) in [6.07, 6.45) is 0.176. The summed E-state index contributed by atoms with van der Waals surface area (Å²) in [6, 6.07) is 16.8. The second kappa shape index (κ2) is 9.07. The van der Waals surface area contributed by atoms with E-state index in [-0.39, 0.29) is 31.4 Å². The summed E-state index contributed by atoms with van der Waals surface area (Å²) in [5.41, 5.74) is 0.685. The van der Waals surface area contributed by atoms with Crippen LogP contribution in [0.25, 0.3) is 0 Å². The van der Waals surface area contributed by atoms with Gasteiger partial charge in [-0.3, -0.25) is 9.59 Å². The van der Waals surface area contributed by atoms with Crippen LogP contribution >= 0.6 is 0 Å². The molecule has 27 heavy (non-hydrogen) atoms. The van der Waals surface area contributed by atoms with E-state index in [0.29, 0.717) is 24.5 Å². The van der Waals surface area contributed by atoms with E-state index in [1.165, 1.54) is 0 Å². The van der Waals surface area contributed by atoms with Crippen LogP contribution in [0.2, 0.25) is 0 Å². The van der Waals surface area contributed by atoms with Crippen molar-refractivity contribution in [3.8, 4) is 11.5 Å². The molecular weight excluding hydrogens is 346 g/mol. The number of benzene rings is 2.